The molecule has 4 aromatic rings. The second-order valence-electron chi connectivity index (χ2n) is 6.70. The molecule has 0 spiro atoms. The number of nitrogens with zero attached hydrogens (tertiary/aromatic N) is 3. The van der Waals surface area contributed by atoms with E-state index < -0.39 is 0 Å². The van der Waals surface area contributed by atoms with Gasteiger partial charge in [-0.05, 0) is 12.5 Å². The van der Waals surface area contributed by atoms with Gasteiger partial charge in [-0.3, -0.25) is 9.36 Å². The van der Waals surface area contributed by atoms with E-state index in [1.807, 2.05) is 10.8 Å². The standard InChI is InChI=1S/C20H19N3OS2/c1-12(2)18-22-15(9-25-18)8-23-11-21-19-17(20(23)24)16(10-26-19)14-6-4-13(3)5-7-14/h4-7,9-12H,8H2,1-3H3. The summed E-state index contributed by atoms with van der Waals surface area (Å²) >= 11 is 3.16. The topological polar surface area (TPSA) is 47.8 Å². The minimum atomic E-state index is -0.00841. The van der Waals surface area contributed by atoms with Crippen molar-refractivity contribution >= 4 is 32.9 Å². The maximum atomic E-state index is 13.1. The van der Waals surface area contributed by atoms with E-state index in [2.05, 4.69) is 55.0 Å². The first kappa shape index (κ1) is 17.1. The molecule has 4 rings (SSSR count). The first-order valence-electron chi connectivity index (χ1n) is 8.51. The SMILES string of the molecule is Cc1ccc(-c2csc3ncn(Cc4csc(C(C)C)n4)c(=O)c23)cc1. The molecule has 4 nitrogen and oxygen atoms in total. The van der Waals surface area contributed by atoms with E-state index in [0.29, 0.717) is 17.8 Å². The molecule has 0 aliphatic rings. The smallest absolute Gasteiger partial charge is 0.263 e. The molecule has 26 heavy (non-hydrogen) atoms. The second kappa shape index (κ2) is 6.78. The van der Waals surface area contributed by atoms with Crippen LogP contribution < -0.4 is 5.56 Å². The van der Waals surface area contributed by atoms with E-state index in [9.17, 15) is 4.79 Å². The van der Waals surface area contributed by atoms with Gasteiger partial charge in [-0.15, -0.1) is 22.7 Å². The highest BCUT2D eigenvalue weighted by Gasteiger charge is 2.14. The van der Waals surface area contributed by atoms with Crippen molar-refractivity contribution in [2.45, 2.75) is 33.2 Å². The van der Waals surface area contributed by atoms with Crippen LogP contribution in [0.5, 0.6) is 0 Å². The Morgan fingerprint density at radius 3 is 2.58 bits per heavy atom. The Kier molecular flexibility index (Phi) is 4.46. The summed E-state index contributed by atoms with van der Waals surface area (Å²) in [5.41, 5.74) is 4.11. The van der Waals surface area contributed by atoms with Crippen molar-refractivity contribution in [3.63, 3.8) is 0 Å². The number of thiazole rings is 1. The lowest BCUT2D eigenvalue weighted by molar-refractivity contribution is 0.726. The number of thiophene rings is 1. The highest BCUT2D eigenvalue weighted by molar-refractivity contribution is 7.17. The summed E-state index contributed by atoms with van der Waals surface area (Å²) in [4.78, 5) is 23.0. The molecule has 0 fully saturated rings. The number of aromatic nitrogens is 3. The van der Waals surface area contributed by atoms with Crippen LogP contribution in [0.2, 0.25) is 0 Å². The van der Waals surface area contributed by atoms with Gasteiger partial charge in [-0.25, -0.2) is 9.97 Å². The summed E-state index contributed by atoms with van der Waals surface area (Å²) in [6, 6.07) is 8.25. The van der Waals surface area contributed by atoms with Crippen molar-refractivity contribution < 1.29 is 0 Å². The van der Waals surface area contributed by atoms with Crippen LogP contribution in [0.4, 0.5) is 0 Å². The summed E-state index contributed by atoms with van der Waals surface area (Å²) < 4.78 is 1.66. The van der Waals surface area contributed by atoms with Gasteiger partial charge in [0, 0.05) is 22.2 Å². The normalized spacial score (nSPS) is 11.5. The monoisotopic (exact) mass is 381 g/mol. The van der Waals surface area contributed by atoms with Gasteiger partial charge in [0.25, 0.3) is 5.56 Å². The van der Waals surface area contributed by atoms with Gasteiger partial charge < -0.3 is 0 Å². The lowest BCUT2D eigenvalue weighted by atomic mass is 10.1. The average molecular weight is 382 g/mol. The van der Waals surface area contributed by atoms with Gasteiger partial charge in [0.1, 0.15) is 4.83 Å². The molecule has 0 bridgehead atoms. The minimum absolute atomic E-state index is 0.00841. The van der Waals surface area contributed by atoms with Crippen molar-refractivity contribution in [1.29, 1.82) is 0 Å². The van der Waals surface area contributed by atoms with Gasteiger partial charge in [0.15, 0.2) is 0 Å². The van der Waals surface area contributed by atoms with Crippen LogP contribution in [-0.2, 0) is 6.54 Å². The summed E-state index contributed by atoms with van der Waals surface area (Å²) in [6.45, 7) is 6.76. The fourth-order valence-electron chi connectivity index (χ4n) is 2.86. The zero-order valence-corrected chi connectivity index (χ0v) is 16.5. The number of aryl methyl sites for hydroxylation is 1. The predicted molar refractivity (Wildman–Crippen MR) is 109 cm³/mol. The Morgan fingerprint density at radius 1 is 1.12 bits per heavy atom. The molecule has 132 valence electrons. The maximum absolute atomic E-state index is 13.1. The van der Waals surface area contributed by atoms with E-state index in [1.165, 1.54) is 16.9 Å². The molecule has 0 aliphatic carbocycles. The lowest BCUT2D eigenvalue weighted by Gasteiger charge is -2.05. The quantitative estimate of drug-likeness (QED) is 0.496. The Morgan fingerprint density at radius 2 is 1.88 bits per heavy atom. The first-order valence-corrected chi connectivity index (χ1v) is 10.3. The van der Waals surface area contributed by atoms with Crippen LogP contribution in [0.15, 0.2) is 46.1 Å². The third kappa shape index (κ3) is 3.10. The van der Waals surface area contributed by atoms with Crippen LogP contribution in [0.25, 0.3) is 21.3 Å². The molecule has 3 aromatic heterocycles. The van der Waals surface area contributed by atoms with Crippen molar-refractivity contribution in [2.75, 3.05) is 0 Å². The summed E-state index contributed by atoms with van der Waals surface area (Å²) in [5, 5.41) is 5.84. The number of benzene rings is 1. The molecule has 0 unspecified atom stereocenters. The molecular formula is C20H19N3OS2. The molecule has 6 heteroatoms. The largest absolute Gasteiger partial charge is 0.293 e. The molecule has 0 aliphatic heterocycles. The number of rotatable bonds is 4. The van der Waals surface area contributed by atoms with Crippen LogP contribution >= 0.6 is 22.7 Å². The average Bonchev–Trinajstić information content (AvgIpc) is 3.25. The molecule has 0 saturated heterocycles. The minimum Gasteiger partial charge on any atom is -0.293 e. The van der Waals surface area contributed by atoms with Crippen LogP contribution in [0, 0.1) is 6.92 Å². The van der Waals surface area contributed by atoms with Gasteiger partial charge >= 0.3 is 0 Å². The molecule has 0 amide bonds. The molecule has 3 heterocycles. The van der Waals surface area contributed by atoms with E-state index in [0.717, 1.165) is 26.7 Å². The number of fused-ring (bicyclic) bond motifs is 1. The summed E-state index contributed by atoms with van der Waals surface area (Å²) in [5.74, 6) is 0.399. The van der Waals surface area contributed by atoms with Gasteiger partial charge in [-0.1, -0.05) is 43.7 Å². The van der Waals surface area contributed by atoms with Crippen LogP contribution in [0.3, 0.4) is 0 Å². The number of hydrogen-bond acceptors (Lipinski definition) is 5. The fourth-order valence-corrected chi connectivity index (χ4v) is 4.59. The highest BCUT2D eigenvalue weighted by Crippen LogP contribution is 2.30. The zero-order chi connectivity index (χ0) is 18.3. The highest BCUT2D eigenvalue weighted by atomic mass is 32.1. The molecular weight excluding hydrogens is 362 g/mol. The van der Waals surface area contributed by atoms with Crippen LogP contribution in [0.1, 0.15) is 36.0 Å². The van der Waals surface area contributed by atoms with Gasteiger partial charge in [-0.2, -0.15) is 0 Å². The molecule has 0 radical (unpaired) electrons. The Bertz CT molecular complexity index is 1120. The van der Waals surface area contributed by atoms with Gasteiger partial charge in [0.2, 0.25) is 0 Å². The molecule has 1 aromatic carbocycles. The third-order valence-electron chi connectivity index (χ3n) is 4.32. The zero-order valence-electron chi connectivity index (χ0n) is 14.9. The van der Waals surface area contributed by atoms with E-state index in [4.69, 9.17) is 0 Å². The third-order valence-corrected chi connectivity index (χ3v) is 6.40. The van der Waals surface area contributed by atoms with E-state index >= 15 is 0 Å². The van der Waals surface area contributed by atoms with Gasteiger partial charge in [0.05, 0.1) is 29.0 Å². The Labute approximate surface area is 159 Å². The van der Waals surface area contributed by atoms with Crippen molar-refractivity contribution in [3.05, 3.63) is 68.0 Å². The van der Waals surface area contributed by atoms with E-state index in [-0.39, 0.29) is 5.56 Å². The van der Waals surface area contributed by atoms with Crippen LogP contribution in [-0.4, -0.2) is 14.5 Å². The van der Waals surface area contributed by atoms with Crippen molar-refractivity contribution in [2.24, 2.45) is 0 Å². The van der Waals surface area contributed by atoms with E-state index in [1.54, 1.807) is 22.2 Å². The fraction of sp³-hybridized carbons (Fsp3) is 0.250. The summed E-state index contributed by atoms with van der Waals surface area (Å²) in [6.07, 6.45) is 1.63. The second-order valence-corrected chi connectivity index (χ2v) is 8.45. The summed E-state index contributed by atoms with van der Waals surface area (Å²) in [7, 11) is 0. The van der Waals surface area contributed by atoms with Crippen molar-refractivity contribution in [1.82, 2.24) is 14.5 Å². The molecule has 0 N–H and O–H groups in total. The predicted octanol–water partition coefficient (Wildman–Crippen LogP) is 5.06. The molecule has 0 atom stereocenters. The number of hydrogen-bond donors (Lipinski definition) is 0. The maximum Gasteiger partial charge on any atom is 0.263 e. The van der Waals surface area contributed by atoms with Crippen molar-refractivity contribution in [3.8, 4) is 11.1 Å². The Hall–Kier alpha value is -2.31. The lowest BCUT2D eigenvalue weighted by Crippen LogP contribution is -2.21. The molecule has 0 saturated carbocycles. The first-order chi connectivity index (χ1) is 12.5. The Balaban J connectivity index is 1.77.